The summed E-state index contributed by atoms with van der Waals surface area (Å²) < 4.78 is 0. The molecule has 0 amide bonds. The van der Waals surface area contributed by atoms with Crippen LogP contribution in [0.2, 0.25) is 0 Å². The quantitative estimate of drug-likeness (QED) is 0.810. The maximum atomic E-state index is 4.36. The highest BCUT2D eigenvalue weighted by molar-refractivity contribution is 5.29. The Morgan fingerprint density at radius 2 is 2.20 bits per heavy atom. The average Bonchev–Trinajstić information content (AvgIpc) is 2.16. The molecule has 1 aliphatic rings. The first-order chi connectivity index (χ1) is 7.29. The van der Waals surface area contributed by atoms with Gasteiger partial charge in [0.1, 0.15) is 5.82 Å². The maximum Gasteiger partial charge on any atom is 0.144 e. The minimum atomic E-state index is 0.760. The molecule has 0 aromatic carbocycles. The Balaban J connectivity index is 1.91. The monoisotopic (exact) mass is 206 g/mol. The van der Waals surface area contributed by atoms with Crippen molar-refractivity contribution in [3.05, 3.63) is 18.1 Å². The number of rotatable bonds is 4. The van der Waals surface area contributed by atoms with Gasteiger partial charge in [-0.25, -0.2) is 4.98 Å². The molecule has 1 aromatic rings. The SMILES string of the molecule is CNc1cnc(CN(C)C2CCC2)cn1. The van der Waals surface area contributed by atoms with Crippen LogP contribution < -0.4 is 5.32 Å². The van der Waals surface area contributed by atoms with Crippen LogP contribution in [0.3, 0.4) is 0 Å². The van der Waals surface area contributed by atoms with Crippen molar-refractivity contribution >= 4 is 5.82 Å². The van der Waals surface area contributed by atoms with E-state index in [0.717, 1.165) is 24.1 Å². The van der Waals surface area contributed by atoms with E-state index in [1.807, 2.05) is 13.2 Å². The van der Waals surface area contributed by atoms with Crippen LogP contribution in [0.5, 0.6) is 0 Å². The molecule has 1 aromatic heterocycles. The molecule has 4 heteroatoms. The Morgan fingerprint density at radius 1 is 1.40 bits per heavy atom. The Hall–Kier alpha value is -1.16. The second-order valence-corrected chi connectivity index (χ2v) is 4.14. The third-order valence-electron chi connectivity index (χ3n) is 3.07. The summed E-state index contributed by atoms with van der Waals surface area (Å²) >= 11 is 0. The van der Waals surface area contributed by atoms with E-state index in [1.54, 1.807) is 6.20 Å². The molecule has 1 saturated carbocycles. The van der Waals surface area contributed by atoms with Gasteiger partial charge in [0.2, 0.25) is 0 Å². The summed E-state index contributed by atoms with van der Waals surface area (Å²) in [6, 6.07) is 0.760. The molecule has 0 radical (unpaired) electrons. The summed E-state index contributed by atoms with van der Waals surface area (Å²) in [4.78, 5) is 11.0. The Labute approximate surface area is 90.7 Å². The van der Waals surface area contributed by atoms with Gasteiger partial charge in [-0.15, -0.1) is 0 Å². The van der Waals surface area contributed by atoms with E-state index in [2.05, 4.69) is 27.2 Å². The lowest BCUT2D eigenvalue weighted by Crippen LogP contribution is -2.36. The molecule has 0 aliphatic heterocycles. The van der Waals surface area contributed by atoms with E-state index < -0.39 is 0 Å². The van der Waals surface area contributed by atoms with Crippen LogP contribution in [0.1, 0.15) is 25.0 Å². The molecule has 0 bridgehead atoms. The zero-order chi connectivity index (χ0) is 10.7. The highest BCUT2D eigenvalue weighted by atomic mass is 15.1. The number of aromatic nitrogens is 2. The van der Waals surface area contributed by atoms with Crippen LogP contribution in [0, 0.1) is 0 Å². The van der Waals surface area contributed by atoms with Crippen molar-refractivity contribution in [3.8, 4) is 0 Å². The molecule has 4 nitrogen and oxygen atoms in total. The van der Waals surface area contributed by atoms with Crippen molar-refractivity contribution in [3.63, 3.8) is 0 Å². The Morgan fingerprint density at radius 3 is 2.67 bits per heavy atom. The molecule has 1 heterocycles. The molecule has 0 spiro atoms. The molecule has 15 heavy (non-hydrogen) atoms. The lowest BCUT2D eigenvalue weighted by atomic mass is 9.92. The number of hydrogen-bond donors (Lipinski definition) is 1. The molecule has 1 fully saturated rings. The topological polar surface area (TPSA) is 41.1 Å². The van der Waals surface area contributed by atoms with E-state index in [-0.39, 0.29) is 0 Å². The third-order valence-corrected chi connectivity index (χ3v) is 3.07. The summed E-state index contributed by atoms with van der Waals surface area (Å²) in [5.41, 5.74) is 1.04. The van der Waals surface area contributed by atoms with Crippen molar-refractivity contribution in [2.24, 2.45) is 0 Å². The minimum absolute atomic E-state index is 0.760. The van der Waals surface area contributed by atoms with Gasteiger partial charge in [0.15, 0.2) is 0 Å². The van der Waals surface area contributed by atoms with Crippen LogP contribution in [-0.2, 0) is 6.54 Å². The number of nitrogens with zero attached hydrogens (tertiary/aromatic N) is 3. The Kier molecular flexibility index (Phi) is 3.16. The van der Waals surface area contributed by atoms with Gasteiger partial charge < -0.3 is 5.32 Å². The second kappa shape index (κ2) is 4.57. The second-order valence-electron chi connectivity index (χ2n) is 4.14. The fourth-order valence-electron chi connectivity index (χ4n) is 1.78. The standard InChI is InChI=1S/C11H18N4/c1-12-11-7-13-9(6-14-11)8-15(2)10-4-3-5-10/h6-7,10H,3-5,8H2,1-2H3,(H,12,14). The van der Waals surface area contributed by atoms with E-state index in [4.69, 9.17) is 0 Å². The Bertz CT molecular complexity index is 305. The first-order valence-electron chi connectivity index (χ1n) is 5.48. The highest BCUT2D eigenvalue weighted by Gasteiger charge is 2.21. The van der Waals surface area contributed by atoms with Gasteiger partial charge in [-0.1, -0.05) is 6.42 Å². The zero-order valence-corrected chi connectivity index (χ0v) is 9.40. The van der Waals surface area contributed by atoms with Crippen LogP contribution in [0.25, 0.3) is 0 Å². The van der Waals surface area contributed by atoms with E-state index >= 15 is 0 Å². The van der Waals surface area contributed by atoms with Gasteiger partial charge in [0.05, 0.1) is 18.1 Å². The van der Waals surface area contributed by atoms with Crippen molar-refractivity contribution < 1.29 is 0 Å². The summed E-state index contributed by atoms with van der Waals surface area (Å²) in [5, 5.41) is 2.97. The summed E-state index contributed by atoms with van der Waals surface area (Å²) in [7, 11) is 4.02. The molecule has 0 unspecified atom stereocenters. The van der Waals surface area contributed by atoms with Crippen LogP contribution >= 0.6 is 0 Å². The number of nitrogens with one attached hydrogen (secondary N) is 1. The smallest absolute Gasteiger partial charge is 0.144 e. The largest absolute Gasteiger partial charge is 0.372 e. The van der Waals surface area contributed by atoms with E-state index in [9.17, 15) is 0 Å². The molecule has 0 atom stereocenters. The maximum absolute atomic E-state index is 4.36. The first-order valence-corrected chi connectivity index (χ1v) is 5.48. The molecular formula is C11H18N4. The molecule has 2 rings (SSSR count). The molecule has 0 saturated heterocycles. The van der Waals surface area contributed by atoms with Crippen LogP contribution in [-0.4, -0.2) is 35.0 Å². The van der Waals surface area contributed by atoms with Gasteiger partial charge in [0.25, 0.3) is 0 Å². The van der Waals surface area contributed by atoms with Crippen LogP contribution in [0.15, 0.2) is 12.4 Å². The van der Waals surface area contributed by atoms with Crippen molar-refractivity contribution in [1.82, 2.24) is 14.9 Å². The number of anilines is 1. The first kappa shape index (κ1) is 10.4. The van der Waals surface area contributed by atoms with E-state index in [1.165, 1.54) is 19.3 Å². The third kappa shape index (κ3) is 2.45. The fourth-order valence-corrected chi connectivity index (χ4v) is 1.78. The minimum Gasteiger partial charge on any atom is -0.372 e. The van der Waals surface area contributed by atoms with Crippen LogP contribution in [0.4, 0.5) is 5.82 Å². The average molecular weight is 206 g/mol. The predicted octanol–water partition coefficient (Wildman–Crippen LogP) is 1.50. The van der Waals surface area contributed by atoms with Gasteiger partial charge in [-0.2, -0.15) is 0 Å². The van der Waals surface area contributed by atoms with Gasteiger partial charge in [-0.3, -0.25) is 9.88 Å². The lowest BCUT2D eigenvalue weighted by Gasteiger charge is -2.34. The summed E-state index contributed by atoms with van der Waals surface area (Å²) in [6.07, 6.45) is 7.67. The van der Waals surface area contributed by atoms with E-state index in [0.29, 0.717) is 0 Å². The normalized spacial score (nSPS) is 16.5. The summed E-state index contributed by atoms with van der Waals surface area (Å²) in [6.45, 7) is 0.904. The fraction of sp³-hybridized carbons (Fsp3) is 0.636. The molecule has 82 valence electrons. The highest BCUT2D eigenvalue weighted by Crippen LogP contribution is 2.24. The lowest BCUT2D eigenvalue weighted by molar-refractivity contribution is 0.151. The zero-order valence-electron chi connectivity index (χ0n) is 9.40. The van der Waals surface area contributed by atoms with Gasteiger partial charge >= 0.3 is 0 Å². The van der Waals surface area contributed by atoms with Crippen molar-refractivity contribution in [1.29, 1.82) is 0 Å². The summed E-state index contributed by atoms with van der Waals surface area (Å²) in [5.74, 6) is 0.824. The van der Waals surface area contributed by atoms with Crippen molar-refractivity contribution in [2.75, 3.05) is 19.4 Å². The molecular weight excluding hydrogens is 188 g/mol. The number of hydrogen-bond acceptors (Lipinski definition) is 4. The van der Waals surface area contributed by atoms with Gasteiger partial charge in [0, 0.05) is 19.6 Å². The molecule has 1 aliphatic carbocycles. The van der Waals surface area contributed by atoms with Crippen molar-refractivity contribution in [2.45, 2.75) is 31.8 Å². The predicted molar refractivity (Wildman–Crippen MR) is 60.7 cm³/mol. The molecule has 1 N–H and O–H groups in total. The van der Waals surface area contributed by atoms with Gasteiger partial charge in [-0.05, 0) is 19.9 Å².